The molecule has 2 N–H and O–H groups in total. The maximum atomic E-state index is 11.9. The van der Waals surface area contributed by atoms with E-state index in [1.807, 2.05) is 68.6 Å². The fourth-order valence-electron chi connectivity index (χ4n) is 2.11. The van der Waals surface area contributed by atoms with Gasteiger partial charge in [0.15, 0.2) is 0 Å². The van der Waals surface area contributed by atoms with E-state index in [9.17, 15) is 4.79 Å². The van der Waals surface area contributed by atoms with Crippen LogP contribution in [0.2, 0.25) is 0 Å². The van der Waals surface area contributed by atoms with Gasteiger partial charge in [0.25, 0.3) is 0 Å². The lowest BCUT2D eigenvalue weighted by Crippen LogP contribution is -2.19. The molecule has 0 fully saturated rings. The predicted molar refractivity (Wildman–Crippen MR) is 96.3 cm³/mol. The molecule has 0 saturated carbocycles. The molecule has 4 nitrogen and oxygen atoms in total. The molecular weight excluding hydrogens is 312 g/mol. The van der Waals surface area contributed by atoms with Crippen LogP contribution in [0.25, 0.3) is 0 Å². The number of rotatable bonds is 7. The summed E-state index contributed by atoms with van der Waals surface area (Å²) >= 11 is 0. The van der Waals surface area contributed by atoms with Gasteiger partial charge in [0.2, 0.25) is 5.91 Å². The highest BCUT2D eigenvalue weighted by Gasteiger charge is 2.11. The van der Waals surface area contributed by atoms with Gasteiger partial charge in [-0.05, 0) is 31.7 Å². The number of para-hydroxylation sites is 2. The highest BCUT2D eigenvalue weighted by Crippen LogP contribution is 2.29. The highest BCUT2D eigenvalue weighted by atomic mass is 35.5. The quantitative estimate of drug-likeness (QED) is 0.809. The number of benzene rings is 2. The third-order valence-corrected chi connectivity index (χ3v) is 3.34. The Morgan fingerprint density at radius 1 is 1.09 bits per heavy atom. The molecule has 2 aromatic rings. The normalized spacial score (nSPS) is 11.2. The maximum Gasteiger partial charge on any atom is 0.225 e. The molecule has 0 bridgehead atoms. The van der Waals surface area contributed by atoms with Crippen LogP contribution in [0, 0.1) is 0 Å². The molecule has 2 rings (SSSR count). The molecule has 5 heteroatoms. The van der Waals surface area contributed by atoms with Crippen LogP contribution in [0.15, 0.2) is 54.6 Å². The topological polar surface area (TPSA) is 50.4 Å². The van der Waals surface area contributed by atoms with Gasteiger partial charge in [0.05, 0.1) is 5.69 Å². The predicted octanol–water partition coefficient (Wildman–Crippen LogP) is 3.80. The largest absolute Gasteiger partial charge is 0.484 e. The van der Waals surface area contributed by atoms with Crippen LogP contribution in [0.5, 0.6) is 5.75 Å². The average molecular weight is 335 g/mol. The van der Waals surface area contributed by atoms with Crippen molar-refractivity contribution in [3.8, 4) is 5.75 Å². The molecule has 23 heavy (non-hydrogen) atoms. The van der Waals surface area contributed by atoms with Crippen LogP contribution >= 0.6 is 12.4 Å². The fraction of sp³-hybridized carbons (Fsp3) is 0.278. The second-order valence-electron chi connectivity index (χ2n) is 5.07. The van der Waals surface area contributed by atoms with E-state index < -0.39 is 0 Å². The standard InChI is InChI=1S/C18H22N2O2.ClH/c1-14(15-8-4-3-5-9-15)22-17-11-7-6-10-16(17)20-18(21)12-13-19-2;/h3-11,14,19H,12-13H2,1-2H3,(H,20,21);1H. The van der Waals surface area contributed by atoms with Gasteiger partial charge in [-0.3, -0.25) is 4.79 Å². The lowest BCUT2D eigenvalue weighted by atomic mass is 10.1. The molecule has 0 radical (unpaired) electrons. The first-order chi connectivity index (χ1) is 10.7. The number of carbonyl (C=O) groups is 1. The zero-order valence-corrected chi connectivity index (χ0v) is 14.2. The van der Waals surface area contributed by atoms with Crippen LogP contribution in [0.3, 0.4) is 0 Å². The van der Waals surface area contributed by atoms with Crippen molar-refractivity contribution in [3.05, 3.63) is 60.2 Å². The zero-order valence-electron chi connectivity index (χ0n) is 13.4. The molecule has 0 spiro atoms. The van der Waals surface area contributed by atoms with Gasteiger partial charge in [-0.2, -0.15) is 0 Å². The molecule has 0 saturated heterocycles. The lowest BCUT2D eigenvalue weighted by molar-refractivity contribution is -0.116. The molecule has 0 aliphatic carbocycles. The Morgan fingerprint density at radius 3 is 2.43 bits per heavy atom. The minimum atomic E-state index is -0.0865. The number of ether oxygens (including phenoxy) is 1. The molecule has 0 aliphatic heterocycles. The van der Waals surface area contributed by atoms with Crippen LogP contribution < -0.4 is 15.4 Å². The average Bonchev–Trinajstić information content (AvgIpc) is 2.55. The maximum absolute atomic E-state index is 11.9. The Morgan fingerprint density at radius 2 is 1.74 bits per heavy atom. The molecule has 1 atom stereocenters. The Bertz CT molecular complexity index is 605. The van der Waals surface area contributed by atoms with Gasteiger partial charge < -0.3 is 15.4 Å². The summed E-state index contributed by atoms with van der Waals surface area (Å²) in [6, 6.07) is 17.5. The fourth-order valence-corrected chi connectivity index (χ4v) is 2.11. The van der Waals surface area contributed by atoms with Crippen LogP contribution in [0.4, 0.5) is 5.69 Å². The number of carbonyl (C=O) groups excluding carboxylic acids is 1. The minimum absolute atomic E-state index is 0. The summed E-state index contributed by atoms with van der Waals surface area (Å²) in [5.41, 5.74) is 1.80. The van der Waals surface area contributed by atoms with Crippen molar-refractivity contribution in [2.45, 2.75) is 19.4 Å². The van der Waals surface area contributed by atoms with E-state index in [1.54, 1.807) is 0 Å². The van der Waals surface area contributed by atoms with Gasteiger partial charge >= 0.3 is 0 Å². The van der Waals surface area contributed by atoms with Gasteiger partial charge in [-0.15, -0.1) is 12.4 Å². The second kappa shape index (κ2) is 9.87. The summed E-state index contributed by atoms with van der Waals surface area (Å²) in [6.45, 7) is 2.64. The first-order valence-corrected chi connectivity index (χ1v) is 7.46. The van der Waals surface area contributed by atoms with E-state index in [4.69, 9.17) is 4.74 Å². The molecule has 0 aromatic heterocycles. The molecule has 124 valence electrons. The van der Waals surface area contributed by atoms with Crippen molar-refractivity contribution >= 4 is 24.0 Å². The minimum Gasteiger partial charge on any atom is -0.484 e. The number of hydrogen-bond acceptors (Lipinski definition) is 3. The van der Waals surface area contributed by atoms with Gasteiger partial charge in [-0.1, -0.05) is 42.5 Å². The van der Waals surface area contributed by atoms with Crippen molar-refractivity contribution in [1.29, 1.82) is 0 Å². The summed E-state index contributed by atoms with van der Waals surface area (Å²) in [5.74, 6) is 0.648. The van der Waals surface area contributed by atoms with E-state index in [-0.39, 0.29) is 24.4 Å². The Balaban J connectivity index is 0.00000264. The summed E-state index contributed by atoms with van der Waals surface area (Å²) in [6.07, 6.45) is 0.343. The smallest absolute Gasteiger partial charge is 0.225 e. The van der Waals surface area contributed by atoms with E-state index in [0.29, 0.717) is 24.4 Å². The van der Waals surface area contributed by atoms with Crippen molar-refractivity contribution in [2.75, 3.05) is 18.9 Å². The van der Waals surface area contributed by atoms with E-state index in [2.05, 4.69) is 10.6 Å². The summed E-state index contributed by atoms with van der Waals surface area (Å²) < 4.78 is 6.01. The highest BCUT2D eigenvalue weighted by molar-refractivity contribution is 5.92. The van der Waals surface area contributed by atoms with E-state index >= 15 is 0 Å². The Labute approximate surface area is 143 Å². The number of nitrogens with one attached hydrogen (secondary N) is 2. The SMILES string of the molecule is CNCCC(=O)Nc1ccccc1OC(C)c1ccccc1.Cl. The Kier molecular flexibility index (Phi) is 8.16. The molecule has 2 aromatic carbocycles. The molecule has 1 amide bonds. The summed E-state index contributed by atoms with van der Waals surface area (Å²) in [5, 5.41) is 5.86. The van der Waals surface area contributed by atoms with Crippen LogP contribution in [-0.4, -0.2) is 19.5 Å². The number of hydrogen-bond donors (Lipinski definition) is 2. The molecule has 1 unspecified atom stereocenters. The van der Waals surface area contributed by atoms with Crippen LogP contribution in [0.1, 0.15) is 25.0 Å². The van der Waals surface area contributed by atoms with Gasteiger partial charge in [0.1, 0.15) is 11.9 Å². The molecule has 0 aliphatic rings. The van der Waals surface area contributed by atoms with Gasteiger partial charge in [-0.25, -0.2) is 0 Å². The van der Waals surface area contributed by atoms with E-state index in [1.165, 1.54) is 0 Å². The Hall–Kier alpha value is -2.04. The molecular formula is C18H23ClN2O2. The third-order valence-electron chi connectivity index (χ3n) is 3.34. The van der Waals surface area contributed by atoms with Gasteiger partial charge in [0, 0.05) is 13.0 Å². The number of anilines is 1. The van der Waals surface area contributed by atoms with E-state index in [0.717, 1.165) is 5.56 Å². The third kappa shape index (κ3) is 5.93. The summed E-state index contributed by atoms with van der Waals surface area (Å²) in [7, 11) is 1.83. The second-order valence-corrected chi connectivity index (χ2v) is 5.07. The molecule has 0 heterocycles. The lowest BCUT2D eigenvalue weighted by Gasteiger charge is -2.18. The number of amides is 1. The number of halogens is 1. The van der Waals surface area contributed by atoms with Crippen molar-refractivity contribution in [3.63, 3.8) is 0 Å². The van der Waals surface area contributed by atoms with Crippen molar-refractivity contribution in [1.82, 2.24) is 5.32 Å². The van der Waals surface area contributed by atoms with Crippen LogP contribution in [-0.2, 0) is 4.79 Å². The summed E-state index contributed by atoms with van der Waals surface area (Å²) in [4.78, 5) is 11.9. The van der Waals surface area contributed by atoms with Crippen molar-refractivity contribution in [2.24, 2.45) is 0 Å². The first kappa shape index (κ1) is 19.0. The zero-order chi connectivity index (χ0) is 15.8. The monoisotopic (exact) mass is 334 g/mol. The first-order valence-electron chi connectivity index (χ1n) is 7.46. The van der Waals surface area contributed by atoms with Crippen molar-refractivity contribution < 1.29 is 9.53 Å².